The maximum Gasteiger partial charge on any atom is 0.347 e. The molecule has 28 heavy (non-hydrogen) atoms. The minimum absolute atomic E-state index is 0.288. The lowest BCUT2D eigenvalue weighted by Crippen LogP contribution is -2.37. The molecular formula is C20H24O7S. The van der Waals surface area contributed by atoms with E-state index in [9.17, 15) is 13.2 Å². The van der Waals surface area contributed by atoms with E-state index >= 15 is 0 Å². The molecule has 0 aliphatic heterocycles. The fourth-order valence-corrected chi connectivity index (χ4v) is 2.76. The molecule has 152 valence electrons. The second-order valence-electron chi connectivity index (χ2n) is 6.77. The van der Waals surface area contributed by atoms with E-state index in [1.807, 2.05) is 12.1 Å². The number of rotatable bonds is 10. The molecule has 0 radical (unpaired) electrons. The molecule has 0 aliphatic rings. The van der Waals surface area contributed by atoms with Gasteiger partial charge in [0.05, 0.1) is 12.9 Å². The summed E-state index contributed by atoms with van der Waals surface area (Å²) in [5.74, 6) is 0.369. The van der Waals surface area contributed by atoms with Crippen LogP contribution in [0.2, 0.25) is 0 Å². The van der Waals surface area contributed by atoms with Gasteiger partial charge in [0.1, 0.15) is 17.2 Å². The lowest BCUT2D eigenvalue weighted by Gasteiger charge is -2.21. The van der Waals surface area contributed by atoms with E-state index in [4.69, 9.17) is 18.8 Å². The number of ether oxygens (including phenoxy) is 2. The molecule has 0 saturated carbocycles. The van der Waals surface area contributed by atoms with Crippen molar-refractivity contribution in [3.63, 3.8) is 0 Å². The lowest BCUT2D eigenvalue weighted by atomic mass is 10.1. The first-order chi connectivity index (χ1) is 13.0. The Hall–Kier alpha value is -2.74. The second-order valence-corrected chi connectivity index (χ2v) is 8.35. The maximum absolute atomic E-state index is 11.1. The predicted octanol–water partition coefficient (Wildman–Crippen LogP) is 3.28. The SMILES string of the molecule is CC(C)(Oc1ccc(OCCCc2ccc(OS(C)(=O)=O)cc2)cc1)C(=O)O. The quantitative estimate of drug-likeness (QED) is 0.476. The molecule has 0 heterocycles. The Morgan fingerprint density at radius 2 is 1.50 bits per heavy atom. The van der Waals surface area contributed by atoms with E-state index in [2.05, 4.69) is 0 Å². The molecule has 0 bridgehead atoms. The number of carbonyl (C=O) groups is 1. The number of aliphatic carboxylic acids is 1. The Morgan fingerprint density at radius 3 is 2.04 bits per heavy atom. The maximum atomic E-state index is 11.1. The summed E-state index contributed by atoms with van der Waals surface area (Å²) in [6.07, 6.45) is 2.55. The van der Waals surface area contributed by atoms with Crippen LogP contribution in [0.15, 0.2) is 48.5 Å². The zero-order chi connectivity index (χ0) is 20.8. The number of carboxylic acids is 1. The molecular weight excluding hydrogens is 384 g/mol. The highest BCUT2D eigenvalue weighted by Gasteiger charge is 2.29. The summed E-state index contributed by atoms with van der Waals surface area (Å²) in [7, 11) is -3.52. The third-order valence-corrected chi connectivity index (χ3v) is 4.26. The Bertz CT molecular complexity index is 885. The molecule has 0 amide bonds. The van der Waals surface area contributed by atoms with Crippen LogP contribution in [0.1, 0.15) is 25.8 Å². The number of benzene rings is 2. The van der Waals surface area contributed by atoms with Crippen LogP contribution in [0, 0.1) is 0 Å². The highest BCUT2D eigenvalue weighted by molar-refractivity contribution is 7.86. The first kappa shape index (κ1) is 21.6. The van der Waals surface area contributed by atoms with E-state index in [1.54, 1.807) is 36.4 Å². The van der Waals surface area contributed by atoms with Crippen molar-refractivity contribution in [3.05, 3.63) is 54.1 Å². The monoisotopic (exact) mass is 408 g/mol. The summed E-state index contributed by atoms with van der Waals surface area (Å²) in [6.45, 7) is 3.47. The van der Waals surface area contributed by atoms with Crippen molar-refractivity contribution >= 4 is 16.1 Å². The van der Waals surface area contributed by atoms with Crippen LogP contribution in [-0.4, -0.2) is 38.0 Å². The molecule has 0 aromatic heterocycles. The van der Waals surface area contributed by atoms with Crippen molar-refractivity contribution < 1.29 is 32.0 Å². The van der Waals surface area contributed by atoms with Gasteiger partial charge < -0.3 is 18.8 Å². The minimum Gasteiger partial charge on any atom is -0.494 e. The zero-order valence-corrected chi connectivity index (χ0v) is 16.9. The topological polar surface area (TPSA) is 99.1 Å². The van der Waals surface area contributed by atoms with Crippen molar-refractivity contribution in [3.8, 4) is 17.2 Å². The fourth-order valence-electron chi connectivity index (χ4n) is 2.29. The van der Waals surface area contributed by atoms with Gasteiger partial charge in [0, 0.05) is 0 Å². The van der Waals surface area contributed by atoms with E-state index in [1.165, 1.54) is 13.8 Å². The van der Waals surface area contributed by atoms with Gasteiger partial charge in [-0.25, -0.2) is 4.79 Å². The molecule has 2 aromatic carbocycles. The molecule has 8 heteroatoms. The zero-order valence-electron chi connectivity index (χ0n) is 16.0. The van der Waals surface area contributed by atoms with Crippen LogP contribution >= 0.6 is 0 Å². The van der Waals surface area contributed by atoms with Crippen molar-refractivity contribution in [2.24, 2.45) is 0 Å². The molecule has 2 aromatic rings. The molecule has 0 unspecified atom stereocenters. The fraction of sp³-hybridized carbons (Fsp3) is 0.350. The predicted molar refractivity (Wildman–Crippen MR) is 105 cm³/mol. The van der Waals surface area contributed by atoms with Gasteiger partial charge >= 0.3 is 16.1 Å². The Balaban J connectivity index is 1.77. The minimum atomic E-state index is -3.52. The van der Waals surface area contributed by atoms with Crippen LogP contribution in [0.5, 0.6) is 17.2 Å². The van der Waals surface area contributed by atoms with Gasteiger partial charge in [0.2, 0.25) is 0 Å². The number of carboxylic acid groups (broad SMARTS) is 1. The summed E-state index contributed by atoms with van der Waals surface area (Å²) in [5.41, 5.74) is -0.256. The normalized spacial score (nSPS) is 11.7. The number of hydrogen-bond donors (Lipinski definition) is 1. The standard InChI is InChI=1S/C20H24O7S/c1-20(2,19(21)22)26-17-12-10-16(11-13-17)25-14-4-5-15-6-8-18(9-7-15)27-28(3,23)24/h6-13H,4-5,14H2,1-3H3,(H,21,22). The van der Waals surface area contributed by atoms with Crippen molar-refractivity contribution in [2.45, 2.75) is 32.3 Å². The van der Waals surface area contributed by atoms with Crippen molar-refractivity contribution in [2.75, 3.05) is 12.9 Å². The number of aryl methyl sites for hydroxylation is 1. The highest BCUT2D eigenvalue weighted by Crippen LogP contribution is 2.22. The average molecular weight is 408 g/mol. The van der Waals surface area contributed by atoms with Gasteiger partial charge in [-0.2, -0.15) is 8.42 Å². The molecule has 0 aliphatic carbocycles. The molecule has 7 nitrogen and oxygen atoms in total. The van der Waals surface area contributed by atoms with Crippen LogP contribution in [0.4, 0.5) is 0 Å². The number of hydrogen-bond acceptors (Lipinski definition) is 6. The van der Waals surface area contributed by atoms with Crippen molar-refractivity contribution in [1.29, 1.82) is 0 Å². The molecule has 0 spiro atoms. The first-order valence-corrected chi connectivity index (χ1v) is 10.5. The molecule has 0 fully saturated rings. The van der Waals surface area contributed by atoms with Gasteiger partial charge in [-0.3, -0.25) is 0 Å². The summed E-state index contributed by atoms with van der Waals surface area (Å²) in [4.78, 5) is 11.1. The summed E-state index contributed by atoms with van der Waals surface area (Å²) in [6, 6.07) is 13.7. The second kappa shape index (κ2) is 8.97. The molecule has 0 atom stereocenters. The van der Waals surface area contributed by atoms with Crippen molar-refractivity contribution in [1.82, 2.24) is 0 Å². The van der Waals surface area contributed by atoms with E-state index < -0.39 is 21.7 Å². The summed E-state index contributed by atoms with van der Waals surface area (Å²) in [5, 5.41) is 9.08. The van der Waals surface area contributed by atoms with Crippen LogP contribution < -0.4 is 13.7 Å². The molecule has 1 N–H and O–H groups in total. The highest BCUT2D eigenvalue weighted by atomic mass is 32.2. The largest absolute Gasteiger partial charge is 0.494 e. The van der Waals surface area contributed by atoms with Gasteiger partial charge in [-0.1, -0.05) is 12.1 Å². The van der Waals surface area contributed by atoms with Crippen LogP contribution in [0.3, 0.4) is 0 Å². The first-order valence-electron chi connectivity index (χ1n) is 8.69. The smallest absolute Gasteiger partial charge is 0.347 e. The Labute approximate surface area is 165 Å². The van der Waals surface area contributed by atoms with E-state index in [0.717, 1.165) is 24.7 Å². The van der Waals surface area contributed by atoms with Crippen LogP contribution in [0.25, 0.3) is 0 Å². The summed E-state index contributed by atoms with van der Waals surface area (Å²) < 4.78 is 38.1. The van der Waals surface area contributed by atoms with Gasteiger partial charge in [0.25, 0.3) is 0 Å². The average Bonchev–Trinajstić information content (AvgIpc) is 2.60. The van der Waals surface area contributed by atoms with Gasteiger partial charge in [-0.05, 0) is 68.7 Å². The Kier molecular flexibility index (Phi) is 6.90. The summed E-state index contributed by atoms with van der Waals surface area (Å²) >= 11 is 0. The van der Waals surface area contributed by atoms with E-state index in [0.29, 0.717) is 18.1 Å². The Morgan fingerprint density at radius 1 is 0.964 bits per heavy atom. The van der Waals surface area contributed by atoms with E-state index in [-0.39, 0.29) is 5.75 Å². The van der Waals surface area contributed by atoms with Gasteiger partial charge in [0.15, 0.2) is 5.60 Å². The third kappa shape index (κ3) is 7.11. The molecule has 0 saturated heterocycles. The lowest BCUT2D eigenvalue weighted by molar-refractivity contribution is -0.152. The third-order valence-electron chi connectivity index (χ3n) is 3.76. The van der Waals surface area contributed by atoms with Crippen LogP contribution in [-0.2, 0) is 21.3 Å². The molecule has 2 rings (SSSR count). The van der Waals surface area contributed by atoms with Gasteiger partial charge in [-0.15, -0.1) is 0 Å².